The summed E-state index contributed by atoms with van der Waals surface area (Å²) in [5, 5.41) is 7.42. The lowest BCUT2D eigenvalue weighted by Gasteiger charge is -2.21. The van der Waals surface area contributed by atoms with Gasteiger partial charge in [-0.25, -0.2) is 8.42 Å². The van der Waals surface area contributed by atoms with Gasteiger partial charge in [-0.15, -0.1) is 11.3 Å². The molecule has 0 bridgehead atoms. The van der Waals surface area contributed by atoms with Crippen LogP contribution in [0, 0.1) is 0 Å². The Balaban J connectivity index is 1.75. The Hall–Kier alpha value is -2.72. The number of rotatable bonds is 7. The highest BCUT2D eigenvalue weighted by Crippen LogP contribution is 2.25. The number of carbonyl (C=O) groups is 2. The van der Waals surface area contributed by atoms with Gasteiger partial charge in [0.1, 0.15) is 0 Å². The van der Waals surface area contributed by atoms with Crippen LogP contribution >= 0.6 is 22.9 Å². The van der Waals surface area contributed by atoms with E-state index in [0.717, 1.165) is 0 Å². The normalized spacial score (nSPS) is 11.6. The zero-order valence-corrected chi connectivity index (χ0v) is 20.0. The molecule has 0 atom stereocenters. The number of halogens is 1. The van der Waals surface area contributed by atoms with Gasteiger partial charge in [0.15, 0.2) is 0 Å². The summed E-state index contributed by atoms with van der Waals surface area (Å²) >= 11 is 7.50. The number of hydrogen-bond acceptors (Lipinski definition) is 5. The molecule has 32 heavy (non-hydrogen) atoms. The molecule has 0 aliphatic carbocycles. The molecule has 0 aliphatic heterocycles. The van der Waals surface area contributed by atoms with Crippen molar-refractivity contribution in [3.63, 3.8) is 0 Å². The second-order valence-electron chi connectivity index (χ2n) is 7.22. The minimum atomic E-state index is -3.76. The average Bonchev–Trinajstić information content (AvgIpc) is 3.29. The van der Waals surface area contributed by atoms with Crippen molar-refractivity contribution in [3.8, 4) is 0 Å². The first-order valence-electron chi connectivity index (χ1n) is 9.63. The number of amides is 2. The third-order valence-corrected chi connectivity index (χ3v) is 7.96. The molecule has 3 rings (SSSR count). The van der Waals surface area contributed by atoms with Crippen LogP contribution in [0.25, 0.3) is 0 Å². The molecule has 0 saturated heterocycles. The summed E-state index contributed by atoms with van der Waals surface area (Å²) in [7, 11) is -2.29. The van der Waals surface area contributed by atoms with E-state index in [1.165, 1.54) is 40.9 Å². The molecule has 1 aromatic heterocycles. The fraction of sp³-hybridized carbons (Fsp3) is 0.182. The zero-order chi connectivity index (χ0) is 23.5. The first kappa shape index (κ1) is 23.9. The van der Waals surface area contributed by atoms with Crippen LogP contribution in [0.15, 0.2) is 64.9 Å². The SMILES string of the molecule is CC(C)N(C)S(=O)(=O)c1ccc(Cl)c(C(=O)Nc2ccc(NC(=O)c3cccs3)cc2)c1. The largest absolute Gasteiger partial charge is 0.322 e. The quantitative estimate of drug-likeness (QED) is 0.489. The Kier molecular flexibility index (Phi) is 7.35. The topological polar surface area (TPSA) is 95.6 Å². The molecule has 2 aromatic carbocycles. The van der Waals surface area contributed by atoms with Crippen molar-refractivity contribution in [2.45, 2.75) is 24.8 Å². The summed E-state index contributed by atoms with van der Waals surface area (Å²) in [6, 6.07) is 13.9. The summed E-state index contributed by atoms with van der Waals surface area (Å²) in [5.41, 5.74) is 1.08. The van der Waals surface area contributed by atoms with E-state index in [0.29, 0.717) is 16.3 Å². The van der Waals surface area contributed by atoms with Crippen LogP contribution in [0.4, 0.5) is 11.4 Å². The van der Waals surface area contributed by atoms with Crippen LogP contribution in [0.1, 0.15) is 33.9 Å². The maximum absolute atomic E-state index is 12.8. The maximum Gasteiger partial charge on any atom is 0.265 e. The Labute approximate surface area is 196 Å². The number of anilines is 2. The third kappa shape index (κ3) is 5.36. The van der Waals surface area contributed by atoms with E-state index in [4.69, 9.17) is 11.6 Å². The van der Waals surface area contributed by atoms with Crippen LogP contribution in [-0.4, -0.2) is 37.6 Å². The van der Waals surface area contributed by atoms with Crippen molar-refractivity contribution < 1.29 is 18.0 Å². The maximum atomic E-state index is 12.8. The lowest BCUT2D eigenvalue weighted by molar-refractivity contribution is 0.102. The van der Waals surface area contributed by atoms with Crippen molar-refractivity contribution in [3.05, 3.63) is 75.4 Å². The predicted molar refractivity (Wildman–Crippen MR) is 128 cm³/mol. The molecule has 1 heterocycles. The van der Waals surface area contributed by atoms with Crippen LogP contribution in [0.5, 0.6) is 0 Å². The number of carbonyl (C=O) groups excluding carboxylic acids is 2. The van der Waals surface area contributed by atoms with Gasteiger partial charge in [0.25, 0.3) is 11.8 Å². The summed E-state index contributed by atoms with van der Waals surface area (Å²) in [5.74, 6) is -0.762. The molecule has 0 spiro atoms. The van der Waals surface area contributed by atoms with E-state index in [1.54, 1.807) is 50.2 Å². The second-order valence-corrected chi connectivity index (χ2v) is 10.6. The molecule has 0 saturated carbocycles. The van der Waals surface area contributed by atoms with Gasteiger partial charge in [-0.05, 0) is 67.8 Å². The van der Waals surface area contributed by atoms with E-state index < -0.39 is 15.9 Å². The predicted octanol–water partition coefficient (Wildman–Crippen LogP) is 4.94. The molecule has 3 aromatic rings. The fourth-order valence-corrected chi connectivity index (χ4v) is 4.94. The lowest BCUT2D eigenvalue weighted by Crippen LogP contribution is -2.33. The smallest absolute Gasteiger partial charge is 0.265 e. The van der Waals surface area contributed by atoms with Crippen molar-refractivity contribution >= 4 is 56.2 Å². The van der Waals surface area contributed by atoms with Crippen LogP contribution < -0.4 is 10.6 Å². The molecule has 2 N–H and O–H groups in total. The number of nitrogens with zero attached hydrogens (tertiary/aromatic N) is 1. The molecule has 0 unspecified atom stereocenters. The third-order valence-electron chi connectivity index (χ3n) is 4.73. The van der Waals surface area contributed by atoms with Gasteiger partial charge in [0, 0.05) is 24.5 Å². The molecule has 0 radical (unpaired) electrons. The van der Waals surface area contributed by atoms with Gasteiger partial charge in [0.2, 0.25) is 10.0 Å². The second kappa shape index (κ2) is 9.83. The van der Waals surface area contributed by atoms with Gasteiger partial charge in [-0.2, -0.15) is 4.31 Å². The monoisotopic (exact) mass is 491 g/mol. The number of hydrogen-bond donors (Lipinski definition) is 2. The number of thiophene rings is 1. The molecule has 0 aliphatic rings. The van der Waals surface area contributed by atoms with E-state index >= 15 is 0 Å². The van der Waals surface area contributed by atoms with Gasteiger partial charge >= 0.3 is 0 Å². The Morgan fingerprint density at radius 1 is 0.969 bits per heavy atom. The fourth-order valence-electron chi connectivity index (χ4n) is 2.72. The Bertz CT molecular complexity index is 1220. The van der Waals surface area contributed by atoms with Crippen molar-refractivity contribution in [1.29, 1.82) is 0 Å². The van der Waals surface area contributed by atoms with Gasteiger partial charge in [0.05, 0.1) is 20.4 Å². The van der Waals surface area contributed by atoms with Gasteiger partial charge < -0.3 is 10.6 Å². The Morgan fingerprint density at radius 2 is 1.56 bits per heavy atom. The van der Waals surface area contributed by atoms with Crippen molar-refractivity contribution in [1.82, 2.24) is 4.31 Å². The Morgan fingerprint density at radius 3 is 2.09 bits per heavy atom. The van der Waals surface area contributed by atoms with Crippen LogP contribution in [-0.2, 0) is 10.0 Å². The molecule has 2 amide bonds. The summed E-state index contributed by atoms with van der Waals surface area (Å²) in [6.45, 7) is 3.52. The van der Waals surface area contributed by atoms with Crippen molar-refractivity contribution in [2.24, 2.45) is 0 Å². The molecular weight excluding hydrogens is 470 g/mol. The highest BCUT2D eigenvalue weighted by atomic mass is 35.5. The van der Waals surface area contributed by atoms with E-state index in [-0.39, 0.29) is 27.4 Å². The first-order chi connectivity index (χ1) is 15.1. The van der Waals surface area contributed by atoms with E-state index in [1.807, 2.05) is 5.38 Å². The standard InChI is InChI=1S/C22H22ClN3O4S2/c1-14(2)26(3)32(29,30)17-10-11-19(23)18(13-17)21(27)24-15-6-8-16(9-7-15)25-22(28)20-5-4-12-31-20/h4-14H,1-3H3,(H,24,27)(H,25,28). The molecule has 10 heteroatoms. The average molecular weight is 492 g/mol. The van der Waals surface area contributed by atoms with E-state index in [2.05, 4.69) is 10.6 Å². The van der Waals surface area contributed by atoms with Gasteiger partial charge in [-0.1, -0.05) is 17.7 Å². The highest BCUT2D eigenvalue weighted by molar-refractivity contribution is 7.89. The van der Waals surface area contributed by atoms with E-state index in [9.17, 15) is 18.0 Å². The zero-order valence-electron chi connectivity index (χ0n) is 17.6. The summed E-state index contributed by atoms with van der Waals surface area (Å²) < 4.78 is 26.7. The molecule has 168 valence electrons. The number of nitrogens with one attached hydrogen (secondary N) is 2. The summed E-state index contributed by atoms with van der Waals surface area (Å²) in [4.78, 5) is 25.5. The van der Waals surface area contributed by atoms with Crippen LogP contribution in [0.3, 0.4) is 0 Å². The minimum Gasteiger partial charge on any atom is -0.322 e. The minimum absolute atomic E-state index is 0.0186. The first-order valence-corrected chi connectivity index (χ1v) is 12.3. The lowest BCUT2D eigenvalue weighted by atomic mass is 10.2. The molecule has 0 fully saturated rings. The van der Waals surface area contributed by atoms with Crippen LogP contribution in [0.2, 0.25) is 5.02 Å². The number of benzene rings is 2. The summed E-state index contributed by atoms with van der Waals surface area (Å²) in [6.07, 6.45) is 0. The van der Waals surface area contributed by atoms with Gasteiger partial charge in [-0.3, -0.25) is 9.59 Å². The number of sulfonamides is 1. The molecule has 7 nitrogen and oxygen atoms in total. The highest BCUT2D eigenvalue weighted by Gasteiger charge is 2.25. The van der Waals surface area contributed by atoms with Crippen molar-refractivity contribution in [2.75, 3.05) is 17.7 Å². The molecular formula is C22H22ClN3O4S2.